The molecule has 3 rings (SSSR count). The molecule has 1 aliphatic rings. The van der Waals surface area contributed by atoms with Crippen molar-refractivity contribution in [2.75, 3.05) is 9.80 Å². The quantitative estimate of drug-likeness (QED) is 0.819. The van der Waals surface area contributed by atoms with Crippen LogP contribution in [0.25, 0.3) is 0 Å². The molecule has 3 heteroatoms. The number of anilines is 2. The summed E-state index contributed by atoms with van der Waals surface area (Å²) in [6.45, 7) is 8.50. The first-order valence-electron chi connectivity index (χ1n) is 6.74. The Bertz CT molecular complexity index is 624. The van der Waals surface area contributed by atoms with Crippen molar-refractivity contribution in [1.29, 1.82) is 0 Å². The topological polar surface area (TPSA) is 19.4 Å². The first kappa shape index (κ1) is 12.7. The molecule has 0 saturated heterocycles. The van der Waals surface area contributed by atoms with Gasteiger partial charge in [0.25, 0.3) is 0 Å². The second kappa shape index (κ2) is 5.00. The Hall–Kier alpha value is -2.29. The molecular formula is C17H18N3. The molecule has 0 bridgehead atoms. The summed E-state index contributed by atoms with van der Waals surface area (Å²) in [7, 11) is 0. The van der Waals surface area contributed by atoms with E-state index < -0.39 is 0 Å². The van der Waals surface area contributed by atoms with Gasteiger partial charge in [0, 0.05) is 24.3 Å². The molecule has 0 spiro atoms. The van der Waals surface area contributed by atoms with Gasteiger partial charge in [-0.1, -0.05) is 23.8 Å². The molecule has 0 unspecified atom stereocenters. The summed E-state index contributed by atoms with van der Waals surface area (Å²) < 4.78 is 0. The van der Waals surface area contributed by atoms with E-state index in [9.17, 15) is 0 Å². The Kier molecular flexibility index (Phi) is 3.18. The van der Waals surface area contributed by atoms with Gasteiger partial charge < -0.3 is 9.80 Å². The van der Waals surface area contributed by atoms with Crippen LogP contribution in [0.5, 0.6) is 0 Å². The number of pyridine rings is 1. The smallest absolute Gasteiger partial charge is 0.151 e. The van der Waals surface area contributed by atoms with Crippen molar-refractivity contribution in [3.8, 4) is 0 Å². The van der Waals surface area contributed by atoms with Gasteiger partial charge in [0.1, 0.15) is 5.82 Å². The summed E-state index contributed by atoms with van der Waals surface area (Å²) in [4.78, 5) is 8.54. The van der Waals surface area contributed by atoms with E-state index in [1.165, 1.54) is 22.4 Å². The molecule has 2 aromatic rings. The third-order valence-electron chi connectivity index (χ3n) is 3.44. The minimum Gasteiger partial charge on any atom is -0.321 e. The Labute approximate surface area is 120 Å². The number of aryl methyl sites for hydroxylation is 3. The molecule has 1 aliphatic heterocycles. The SMILES string of the molecule is Cc1cc(C)c(N2[CH]N(c3ccccn3)C=C2)c(C)c1. The average molecular weight is 264 g/mol. The van der Waals surface area contributed by atoms with Crippen LogP contribution in [0.2, 0.25) is 0 Å². The minimum atomic E-state index is 0.925. The highest BCUT2D eigenvalue weighted by Crippen LogP contribution is 2.31. The van der Waals surface area contributed by atoms with E-state index in [1.807, 2.05) is 35.5 Å². The van der Waals surface area contributed by atoms with Crippen molar-refractivity contribution in [1.82, 2.24) is 4.98 Å². The zero-order valence-electron chi connectivity index (χ0n) is 12.0. The zero-order chi connectivity index (χ0) is 14.1. The summed E-state index contributed by atoms with van der Waals surface area (Å²) in [5.41, 5.74) is 5.11. The highest BCUT2D eigenvalue weighted by Gasteiger charge is 2.19. The molecule has 20 heavy (non-hydrogen) atoms. The van der Waals surface area contributed by atoms with Crippen molar-refractivity contribution in [2.45, 2.75) is 20.8 Å². The Balaban J connectivity index is 1.87. The van der Waals surface area contributed by atoms with Crippen LogP contribution in [0, 0.1) is 27.4 Å². The highest BCUT2D eigenvalue weighted by atomic mass is 15.4. The Morgan fingerprint density at radius 1 is 0.900 bits per heavy atom. The van der Waals surface area contributed by atoms with E-state index in [0.717, 1.165) is 5.82 Å². The van der Waals surface area contributed by atoms with Crippen LogP contribution in [0.3, 0.4) is 0 Å². The predicted molar refractivity (Wildman–Crippen MR) is 83.3 cm³/mol. The van der Waals surface area contributed by atoms with Crippen LogP contribution in [-0.2, 0) is 0 Å². The minimum absolute atomic E-state index is 0.925. The lowest BCUT2D eigenvalue weighted by atomic mass is 10.0. The average Bonchev–Trinajstić information content (AvgIpc) is 2.88. The molecule has 0 aliphatic carbocycles. The number of hydrogen-bond donors (Lipinski definition) is 0. The molecule has 101 valence electrons. The van der Waals surface area contributed by atoms with Crippen molar-refractivity contribution in [3.63, 3.8) is 0 Å². The van der Waals surface area contributed by atoms with E-state index in [4.69, 9.17) is 0 Å². The lowest BCUT2D eigenvalue weighted by Gasteiger charge is -2.23. The van der Waals surface area contributed by atoms with Gasteiger partial charge >= 0.3 is 0 Å². The van der Waals surface area contributed by atoms with Gasteiger partial charge in [-0.25, -0.2) is 4.98 Å². The van der Waals surface area contributed by atoms with Gasteiger partial charge in [0.05, 0.1) is 0 Å². The molecular weight excluding hydrogens is 246 g/mol. The van der Waals surface area contributed by atoms with Gasteiger partial charge in [-0.15, -0.1) is 0 Å². The maximum Gasteiger partial charge on any atom is 0.151 e. The fraction of sp³-hybridized carbons (Fsp3) is 0.176. The number of aromatic nitrogens is 1. The van der Waals surface area contributed by atoms with Crippen molar-refractivity contribution in [3.05, 3.63) is 72.3 Å². The van der Waals surface area contributed by atoms with E-state index in [1.54, 1.807) is 0 Å². The standard InChI is InChI=1S/C17H18N3/c1-13-10-14(2)17(15(3)11-13)20-9-8-19(12-20)16-6-4-5-7-18-16/h4-12H,1-3H3. The maximum absolute atomic E-state index is 4.36. The molecule has 0 atom stereocenters. The molecule has 3 nitrogen and oxygen atoms in total. The zero-order valence-corrected chi connectivity index (χ0v) is 12.0. The van der Waals surface area contributed by atoms with Gasteiger partial charge in [-0.05, 0) is 44.0 Å². The monoisotopic (exact) mass is 264 g/mol. The lowest BCUT2D eigenvalue weighted by Crippen LogP contribution is -2.20. The van der Waals surface area contributed by atoms with Gasteiger partial charge in [0.2, 0.25) is 0 Å². The maximum atomic E-state index is 4.36. The van der Waals surface area contributed by atoms with Crippen LogP contribution >= 0.6 is 0 Å². The summed E-state index contributed by atoms with van der Waals surface area (Å²) in [5, 5.41) is 0. The van der Waals surface area contributed by atoms with Gasteiger partial charge in [0.15, 0.2) is 6.67 Å². The summed E-state index contributed by atoms with van der Waals surface area (Å²) in [5.74, 6) is 0.925. The molecule has 0 fully saturated rings. The molecule has 0 saturated carbocycles. The van der Waals surface area contributed by atoms with Crippen molar-refractivity contribution >= 4 is 11.5 Å². The third-order valence-corrected chi connectivity index (χ3v) is 3.44. The Morgan fingerprint density at radius 2 is 1.60 bits per heavy atom. The number of hydrogen-bond acceptors (Lipinski definition) is 3. The van der Waals surface area contributed by atoms with Gasteiger partial charge in [-0.3, -0.25) is 0 Å². The van der Waals surface area contributed by atoms with E-state index >= 15 is 0 Å². The first-order chi connectivity index (χ1) is 9.65. The summed E-state index contributed by atoms with van der Waals surface area (Å²) >= 11 is 0. The lowest BCUT2D eigenvalue weighted by molar-refractivity contribution is 1.06. The summed E-state index contributed by atoms with van der Waals surface area (Å²) in [6.07, 6.45) is 5.91. The first-order valence-corrected chi connectivity index (χ1v) is 6.74. The molecule has 1 radical (unpaired) electrons. The van der Waals surface area contributed by atoms with Crippen molar-refractivity contribution < 1.29 is 0 Å². The molecule has 1 aromatic heterocycles. The van der Waals surface area contributed by atoms with Crippen LogP contribution < -0.4 is 9.80 Å². The fourth-order valence-electron chi connectivity index (χ4n) is 2.71. The summed E-state index contributed by atoms with van der Waals surface area (Å²) in [6, 6.07) is 10.4. The van der Waals surface area contributed by atoms with Crippen molar-refractivity contribution in [2.24, 2.45) is 0 Å². The van der Waals surface area contributed by atoms with Crippen LogP contribution in [0.15, 0.2) is 48.9 Å². The normalized spacial score (nSPS) is 14.2. The van der Waals surface area contributed by atoms with Crippen LogP contribution in [0.4, 0.5) is 11.5 Å². The predicted octanol–water partition coefficient (Wildman–Crippen LogP) is 3.92. The van der Waals surface area contributed by atoms with Crippen LogP contribution in [0.1, 0.15) is 16.7 Å². The van der Waals surface area contributed by atoms with E-state index in [2.05, 4.69) is 55.7 Å². The largest absolute Gasteiger partial charge is 0.321 e. The molecule has 1 aromatic carbocycles. The molecule has 0 amide bonds. The van der Waals surface area contributed by atoms with E-state index in [-0.39, 0.29) is 0 Å². The highest BCUT2D eigenvalue weighted by molar-refractivity contribution is 5.67. The third kappa shape index (κ3) is 2.27. The number of nitrogens with zero attached hydrogens (tertiary/aromatic N) is 3. The molecule has 0 N–H and O–H groups in total. The fourth-order valence-corrected chi connectivity index (χ4v) is 2.71. The number of benzene rings is 1. The molecule has 2 heterocycles. The van der Waals surface area contributed by atoms with Crippen LogP contribution in [-0.4, -0.2) is 4.98 Å². The van der Waals surface area contributed by atoms with Gasteiger partial charge in [-0.2, -0.15) is 0 Å². The number of rotatable bonds is 2. The van der Waals surface area contributed by atoms with E-state index in [0.29, 0.717) is 0 Å². The second-order valence-electron chi connectivity index (χ2n) is 5.16. The second-order valence-corrected chi connectivity index (χ2v) is 5.16. The Morgan fingerprint density at radius 3 is 2.25 bits per heavy atom.